The lowest BCUT2D eigenvalue weighted by Gasteiger charge is -2.03. The Morgan fingerprint density at radius 1 is 1.22 bits per heavy atom. The molecule has 1 heterocycles. The van der Waals surface area contributed by atoms with E-state index in [-0.39, 0.29) is 10.7 Å². The molecule has 0 radical (unpaired) electrons. The van der Waals surface area contributed by atoms with E-state index in [1.54, 1.807) is 10.9 Å². The number of hydrogen-bond acceptors (Lipinski definition) is 3. The molecule has 7 heteroatoms. The molecule has 3 aromatic rings. The van der Waals surface area contributed by atoms with Crippen molar-refractivity contribution in [2.45, 2.75) is 6.54 Å². The molecule has 0 saturated heterocycles. The van der Waals surface area contributed by atoms with Crippen molar-refractivity contribution in [2.24, 2.45) is 0 Å². The van der Waals surface area contributed by atoms with Crippen molar-refractivity contribution in [3.63, 3.8) is 0 Å². The fourth-order valence-electron chi connectivity index (χ4n) is 2.02. The molecule has 5 nitrogen and oxygen atoms in total. The van der Waals surface area contributed by atoms with E-state index in [0.29, 0.717) is 12.2 Å². The van der Waals surface area contributed by atoms with Gasteiger partial charge in [-0.1, -0.05) is 47.1 Å². The molecule has 23 heavy (non-hydrogen) atoms. The molecule has 0 unspecified atom stereocenters. The number of halogens is 2. The fraction of sp³-hybridized carbons (Fsp3) is 0.0625. The molecule has 0 spiro atoms. The summed E-state index contributed by atoms with van der Waals surface area (Å²) in [5.74, 6) is -0.981. The molecule has 0 aliphatic carbocycles. The van der Waals surface area contributed by atoms with E-state index >= 15 is 0 Å². The largest absolute Gasteiger partial charge is 0.320 e. The molecule has 1 N–H and O–H groups in total. The van der Waals surface area contributed by atoms with Gasteiger partial charge in [0, 0.05) is 5.69 Å². The molecule has 0 atom stereocenters. The number of benzene rings is 2. The third kappa shape index (κ3) is 3.73. The van der Waals surface area contributed by atoms with E-state index < -0.39 is 11.7 Å². The maximum atomic E-state index is 13.1. The van der Waals surface area contributed by atoms with Crippen LogP contribution in [0.3, 0.4) is 0 Å². The normalized spacial score (nSPS) is 10.5. The number of anilines is 1. The predicted molar refractivity (Wildman–Crippen MR) is 84.9 cm³/mol. The van der Waals surface area contributed by atoms with Gasteiger partial charge in [0.1, 0.15) is 5.82 Å². The Kier molecular flexibility index (Phi) is 4.34. The van der Waals surface area contributed by atoms with Crippen LogP contribution < -0.4 is 5.32 Å². The first-order valence-electron chi connectivity index (χ1n) is 6.82. The highest BCUT2D eigenvalue weighted by molar-refractivity contribution is 6.31. The quantitative estimate of drug-likeness (QED) is 0.798. The van der Waals surface area contributed by atoms with Gasteiger partial charge >= 0.3 is 0 Å². The van der Waals surface area contributed by atoms with E-state index in [1.807, 2.05) is 30.3 Å². The smallest absolute Gasteiger partial charge is 0.277 e. The summed E-state index contributed by atoms with van der Waals surface area (Å²) >= 11 is 5.68. The van der Waals surface area contributed by atoms with E-state index in [2.05, 4.69) is 15.6 Å². The minimum absolute atomic E-state index is 0.0597. The average Bonchev–Trinajstić information content (AvgIpc) is 3.00. The minimum Gasteiger partial charge on any atom is -0.320 e. The number of nitrogens with zero attached hydrogens (tertiary/aromatic N) is 3. The van der Waals surface area contributed by atoms with Gasteiger partial charge in [0.25, 0.3) is 5.91 Å². The molecule has 0 aliphatic rings. The maximum absolute atomic E-state index is 13.1. The molecule has 3 rings (SSSR count). The first-order chi connectivity index (χ1) is 11.1. The van der Waals surface area contributed by atoms with Gasteiger partial charge in [0.05, 0.1) is 17.8 Å². The Balaban J connectivity index is 1.69. The van der Waals surface area contributed by atoms with E-state index in [9.17, 15) is 9.18 Å². The second kappa shape index (κ2) is 6.58. The maximum Gasteiger partial charge on any atom is 0.277 e. The third-order valence-electron chi connectivity index (χ3n) is 3.14. The molecule has 0 saturated carbocycles. The summed E-state index contributed by atoms with van der Waals surface area (Å²) in [7, 11) is 0. The lowest BCUT2D eigenvalue weighted by Crippen LogP contribution is -2.12. The highest BCUT2D eigenvalue weighted by Gasteiger charge is 2.12. The van der Waals surface area contributed by atoms with Gasteiger partial charge in [-0.2, -0.15) is 0 Å². The molecule has 0 aliphatic heterocycles. The minimum atomic E-state index is -0.543. The second-order valence-corrected chi connectivity index (χ2v) is 5.28. The topological polar surface area (TPSA) is 59.8 Å². The van der Waals surface area contributed by atoms with Crippen LogP contribution in [0.15, 0.2) is 54.7 Å². The number of nitrogens with one attached hydrogen (secondary N) is 1. The summed E-state index contributed by atoms with van der Waals surface area (Å²) in [6.45, 7) is 0.517. The number of carbonyl (C=O) groups is 1. The van der Waals surface area contributed by atoms with Crippen molar-refractivity contribution in [3.05, 3.63) is 76.8 Å². The van der Waals surface area contributed by atoms with Crippen LogP contribution in [0.4, 0.5) is 10.1 Å². The van der Waals surface area contributed by atoms with Crippen LogP contribution in [-0.4, -0.2) is 20.9 Å². The van der Waals surface area contributed by atoms with Crippen LogP contribution in [0, 0.1) is 5.82 Å². The highest BCUT2D eigenvalue weighted by Crippen LogP contribution is 2.19. The number of carbonyl (C=O) groups excluding carboxylic acids is 1. The van der Waals surface area contributed by atoms with Crippen LogP contribution in [-0.2, 0) is 6.54 Å². The van der Waals surface area contributed by atoms with Crippen LogP contribution >= 0.6 is 11.6 Å². The van der Waals surface area contributed by atoms with Gasteiger partial charge in [-0.25, -0.2) is 9.07 Å². The van der Waals surface area contributed by atoms with Crippen molar-refractivity contribution in [3.8, 4) is 0 Å². The predicted octanol–water partition coefficient (Wildman–Crippen LogP) is 3.37. The van der Waals surface area contributed by atoms with E-state index in [4.69, 9.17) is 11.6 Å². The fourth-order valence-corrected chi connectivity index (χ4v) is 2.20. The number of rotatable bonds is 4. The highest BCUT2D eigenvalue weighted by atomic mass is 35.5. The van der Waals surface area contributed by atoms with Gasteiger partial charge in [-0.3, -0.25) is 4.79 Å². The summed E-state index contributed by atoms with van der Waals surface area (Å²) in [6, 6.07) is 13.7. The van der Waals surface area contributed by atoms with Crippen LogP contribution in [0.25, 0.3) is 0 Å². The van der Waals surface area contributed by atoms with Crippen LogP contribution in [0.2, 0.25) is 5.02 Å². The molecular formula is C16H12ClFN4O. The Hall–Kier alpha value is -2.73. The summed E-state index contributed by atoms with van der Waals surface area (Å²) in [4.78, 5) is 12.1. The zero-order chi connectivity index (χ0) is 16.2. The van der Waals surface area contributed by atoms with Crippen LogP contribution in [0.5, 0.6) is 0 Å². The molecule has 0 fully saturated rings. The number of amides is 1. The van der Waals surface area contributed by atoms with E-state index in [1.165, 1.54) is 18.2 Å². The monoisotopic (exact) mass is 330 g/mol. The zero-order valence-corrected chi connectivity index (χ0v) is 12.7. The molecule has 116 valence electrons. The summed E-state index contributed by atoms with van der Waals surface area (Å²) in [6.07, 6.45) is 1.55. The summed E-state index contributed by atoms with van der Waals surface area (Å²) in [5.41, 5.74) is 1.61. The molecule has 1 aromatic heterocycles. The molecule has 0 bridgehead atoms. The lowest BCUT2D eigenvalue weighted by atomic mass is 10.2. The van der Waals surface area contributed by atoms with Crippen molar-refractivity contribution in [1.29, 1.82) is 0 Å². The van der Waals surface area contributed by atoms with Crippen molar-refractivity contribution < 1.29 is 9.18 Å². The van der Waals surface area contributed by atoms with Crippen molar-refractivity contribution in [2.75, 3.05) is 5.32 Å². The van der Waals surface area contributed by atoms with Crippen LogP contribution in [0.1, 0.15) is 16.1 Å². The average molecular weight is 331 g/mol. The van der Waals surface area contributed by atoms with Crippen molar-refractivity contribution >= 4 is 23.2 Å². The zero-order valence-electron chi connectivity index (χ0n) is 11.9. The SMILES string of the molecule is O=C(Nc1ccc(F)c(Cl)c1)c1cn(Cc2ccccc2)nn1. The number of hydrogen-bond donors (Lipinski definition) is 1. The first kappa shape index (κ1) is 15.2. The van der Waals surface area contributed by atoms with Crippen molar-refractivity contribution in [1.82, 2.24) is 15.0 Å². The van der Waals surface area contributed by atoms with E-state index in [0.717, 1.165) is 5.56 Å². The Bertz CT molecular complexity index is 835. The second-order valence-electron chi connectivity index (χ2n) is 4.87. The summed E-state index contributed by atoms with van der Waals surface area (Å²) < 4.78 is 14.7. The van der Waals surface area contributed by atoms with Gasteiger partial charge in [0.15, 0.2) is 5.69 Å². The van der Waals surface area contributed by atoms with Gasteiger partial charge < -0.3 is 5.32 Å². The number of aromatic nitrogens is 3. The van der Waals surface area contributed by atoms with Gasteiger partial charge in [-0.05, 0) is 23.8 Å². The Morgan fingerprint density at radius 2 is 2.00 bits per heavy atom. The molecular weight excluding hydrogens is 319 g/mol. The Morgan fingerprint density at radius 3 is 2.74 bits per heavy atom. The molecule has 2 aromatic carbocycles. The molecule has 1 amide bonds. The summed E-state index contributed by atoms with van der Waals surface area (Å²) in [5, 5.41) is 10.3. The Labute approximate surface area is 136 Å². The van der Waals surface area contributed by atoms with Gasteiger partial charge in [-0.15, -0.1) is 5.10 Å². The lowest BCUT2D eigenvalue weighted by molar-refractivity contribution is 0.102. The standard InChI is InChI=1S/C16H12ClFN4O/c17-13-8-12(6-7-14(13)18)19-16(23)15-10-22(21-20-15)9-11-4-2-1-3-5-11/h1-8,10H,9H2,(H,19,23). The van der Waals surface area contributed by atoms with Gasteiger partial charge in [0.2, 0.25) is 0 Å². The first-order valence-corrected chi connectivity index (χ1v) is 7.20. The third-order valence-corrected chi connectivity index (χ3v) is 3.43.